The number of nitrogens with zero attached hydrogens (tertiary/aromatic N) is 1. The molecule has 21 heavy (non-hydrogen) atoms. The Kier molecular flexibility index (Phi) is 3.80. The molecule has 3 rings (SSSR count). The molecule has 3 atom stereocenters. The van der Waals surface area contributed by atoms with Crippen molar-refractivity contribution in [2.24, 2.45) is 5.92 Å². The van der Waals surface area contributed by atoms with Gasteiger partial charge in [-0.25, -0.2) is 0 Å². The molecule has 1 aliphatic rings. The van der Waals surface area contributed by atoms with Crippen LogP contribution in [-0.4, -0.2) is 22.5 Å². The minimum atomic E-state index is -0.725. The van der Waals surface area contributed by atoms with E-state index in [2.05, 4.69) is 0 Å². The molecule has 0 spiro atoms. The van der Waals surface area contributed by atoms with E-state index in [1.807, 2.05) is 42.2 Å². The molecule has 0 bridgehead atoms. The molecule has 4 nitrogen and oxygen atoms in total. The molecule has 1 aliphatic heterocycles. The number of rotatable bonds is 4. The Labute approximate surface area is 124 Å². The lowest BCUT2D eigenvalue weighted by Gasteiger charge is -2.25. The third kappa shape index (κ3) is 2.72. The predicted octanol–water partition coefficient (Wildman–Crippen LogP) is 2.92. The molecule has 1 N–H and O–H groups in total. The lowest BCUT2D eigenvalue weighted by molar-refractivity contribution is -0.129. The van der Waals surface area contributed by atoms with Crippen LogP contribution in [0.15, 0.2) is 53.1 Å². The fraction of sp³-hybridized carbons (Fsp3) is 0.353. The Morgan fingerprint density at radius 1 is 1.24 bits per heavy atom. The summed E-state index contributed by atoms with van der Waals surface area (Å²) in [5.41, 5.74) is 1.11. The summed E-state index contributed by atoms with van der Waals surface area (Å²) in [5, 5.41) is 10.3. The number of carbonyl (C=O) groups excluding carboxylic acids is 1. The number of hydrogen-bond acceptors (Lipinski definition) is 3. The molecule has 0 radical (unpaired) electrons. The first-order valence-electron chi connectivity index (χ1n) is 7.22. The molecule has 2 aromatic rings. The van der Waals surface area contributed by atoms with E-state index < -0.39 is 6.10 Å². The van der Waals surface area contributed by atoms with Gasteiger partial charge in [0.2, 0.25) is 5.91 Å². The summed E-state index contributed by atoms with van der Waals surface area (Å²) in [4.78, 5) is 14.1. The summed E-state index contributed by atoms with van der Waals surface area (Å²) in [7, 11) is 0. The molecule has 2 heterocycles. The van der Waals surface area contributed by atoms with Crippen LogP contribution >= 0.6 is 0 Å². The van der Waals surface area contributed by atoms with Gasteiger partial charge in [-0.1, -0.05) is 30.3 Å². The Hall–Kier alpha value is -2.07. The molecule has 0 aliphatic carbocycles. The number of likely N-dealkylation sites (tertiary alicyclic amines) is 1. The molecule has 110 valence electrons. The highest BCUT2D eigenvalue weighted by molar-refractivity contribution is 5.79. The summed E-state index contributed by atoms with van der Waals surface area (Å²) in [6.07, 6.45) is 1.18. The summed E-state index contributed by atoms with van der Waals surface area (Å²) >= 11 is 0. The fourth-order valence-electron chi connectivity index (χ4n) is 2.95. The smallest absolute Gasteiger partial charge is 0.223 e. The summed E-state index contributed by atoms with van der Waals surface area (Å²) in [6, 6.07) is 13.5. The van der Waals surface area contributed by atoms with Gasteiger partial charge in [-0.3, -0.25) is 4.79 Å². The highest BCUT2D eigenvalue weighted by Gasteiger charge is 2.38. The minimum Gasteiger partial charge on any atom is -0.467 e. The molecule has 1 aromatic carbocycles. The van der Waals surface area contributed by atoms with Crippen LogP contribution in [0.4, 0.5) is 0 Å². The predicted molar refractivity (Wildman–Crippen MR) is 78.3 cm³/mol. The van der Waals surface area contributed by atoms with E-state index in [1.165, 1.54) is 0 Å². The van der Waals surface area contributed by atoms with Gasteiger partial charge >= 0.3 is 0 Å². The number of hydrogen-bond donors (Lipinski definition) is 1. The second kappa shape index (κ2) is 5.74. The van der Waals surface area contributed by atoms with Gasteiger partial charge in [-0.15, -0.1) is 0 Å². The van der Waals surface area contributed by atoms with Crippen molar-refractivity contribution in [2.45, 2.75) is 25.5 Å². The number of benzene rings is 1. The van der Waals surface area contributed by atoms with E-state index in [4.69, 9.17) is 4.42 Å². The van der Waals surface area contributed by atoms with Crippen LogP contribution in [0, 0.1) is 5.92 Å². The largest absolute Gasteiger partial charge is 0.467 e. The molecule has 1 fully saturated rings. The third-order valence-electron chi connectivity index (χ3n) is 4.22. The van der Waals surface area contributed by atoms with Crippen molar-refractivity contribution in [1.29, 1.82) is 0 Å². The van der Waals surface area contributed by atoms with Crippen molar-refractivity contribution in [3.05, 3.63) is 60.1 Å². The van der Waals surface area contributed by atoms with Gasteiger partial charge in [-0.05, 0) is 24.6 Å². The van der Waals surface area contributed by atoms with Crippen molar-refractivity contribution in [3.8, 4) is 0 Å². The Morgan fingerprint density at radius 2 is 2.00 bits per heavy atom. The van der Waals surface area contributed by atoms with E-state index in [1.54, 1.807) is 18.4 Å². The monoisotopic (exact) mass is 285 g/mol. The molecule has 1 amide bonds. The highest BCUT2D eigenvalue weighted by Crippen LogP contribution is 2.35. The SMILES string of the molecule is C[C@H](c1ccccc1)N1C[C@H](C(O)c2ccco2)CC1=O. The van der Waals surface area contributed by atoms with Crippen LogP contribution in [0.5, 0.6) is 0 Å². The van der Waals surface area contributed by atoms with E-state index in [-0.39, 0.29) is 17.9 Å². The van der Waals surface area contributed by atoms with Gasteiger partial charge in [0.1, 0.15) is 11.9 Å². The van der Waals surface area contributed by atoms with Crippen LogP contribution in [-0.2, 0) is 4.79 Å². The maximum atomic E-state index is 12.3. The van der Waals surface area contributed by atoms with Crippen molar-refractivity contribution in [3.63, 3.8) is 0 Å². The zero-order valence-electron chi connectivity index (χ0n) is 12.0. The van der Waals surface area contributed by atoms with E-state index in [9.17, 15) is 9.90 Å². The average molecular weight is 285 g/mol. The number of aliphatic hydroxyl groups is 1. The maximum Gasteiger partial charge on any atom is 0.223 e. The number of amides is 1. The van der Waals surface area contributed by atoms with Crippen molar-refractivity contribution in [2.75, 3.05) is 6.54 Å². The molecule has 1 aromatic heterocycles. The lowest BCUT2D eigenvalue weighted by Crippen LogP contribution is -2.29. The zero-order valence-corrected chi connectivity index (χ0v) is 12.0. The second-order valence-corrected chi connectivity index (χ2v) is 5.56. The van der Waals surface area contributed by atoms with Crippen molar-refractivity contribution < 1.29 is 14.3 Å². The van der Waals surface area contributed by atoms with Gasteiger partial charge in [0.25, 0.3) is 0 Å². The fourth-order valence-corrected chi connectivity index (χ4v) is 2.95. The Morgan fingerprint density at radius 3 is 2.67 bits per heavy atom. The molecular weight excluding hydrogens is 266 g/mol. The standard InChI is InChI=1S/C17H19NO3/c1-12(13-6-3-2-4-7-13)18-11-14(10-16(18)19)17(20)15-8-5-9-21-15/h2-9,12,14,17,20H,10-11H2,1H3/t12-,14-,17?/m1/s1. The minimum absolute atomic E-state index is 0.0208. The van der Waals surface area contributed by atoms with Crippen molar-refractivity contribution in [1.82, 2.24) is 4.90 Å². The van der Waals surface area contributed by atoms with Gasteiger partial charge in [0, 0.05) is 18.9 Å². The number of carbonyl (C=O) groups is 1. The first-order chi connectivity index (χ1) is 10.2. The van der Waals surface area contributed by atoms with Crippen LogP contribution in [0.3, 0.4) is 0 Å². The summed E-state index contributed by atoms with van der Waals surface area (Å²) in [6.45, 7) is 2.58. The first kappa shape index (κ1) is 13.9. The normalized spacial score (nSPS) is 21.5. The lowest BCUT2D eigenvalue weighted by atomic mass is 9.99. The molecular formula is C17H19NO3. The first-order valence-corrected chi connectivity index (χ1v) is 7.22. The van der Waals surface area contributed by atoms with E-state index in [0.717, 1.165) is 5.56 Å². The zero-order chi connectivity index (χ0) is 14.8. The molecule has 1 saturated heterocycles. The highest BCUT2D eigenvalue weighted by atomic mass is 16.4. The van der Waals surface area contributed by atoms with Crippen molar-refractivity contribution >= 4 is 5.91 Å². The van der Waals surface area contributed by atoms with E-state index in [0.29, 0.717) is 18.7 Å². The summed E-state index contributed by atoms with van der Waals surface area (Å²) in [5.74, 6) is 0.499. The van der Waals surface area contributed by atoms with Gasteiger partial charge in [-0.2, -0.15) is 0 Å². The quantitative estimate of drug-likeness (QED) is 0.939. The second-order valence-electron chi connectivity index (χ2n) is 5.56. The molecule has 4 heteroatoms. The van der Waals surface area contributed by atoms with E-state index >= 15 is 0 Å². The Bertz CT molecular complexity index is 594. The number of aliphatic hydroxyl groups excluding tert-OH is 1. The average Bonchev–Trinajstić information content (AvgIpc) is 3.16. The Balaban J connectivity index is 1.73. The van der Waals surface area contributed by atoms with Crippen LogP contribution < -0.4 is 0 Å². The van der Waals surface area contributed by atoms with Gasteiger partial charge in [0.05, 0.1) is 12.3 Å². The third-order valence-corrected chi connectivity index (χ3v) is 4.22. The topological polar surface area (TPSA) is 53.7 Å². The van der Waals surface area contributed by atoms with Crippen LogP contribution in [0.2, 0.25) is 0 Å². The maximum absolute atomic E-state index is 12.3. The molecule has 1 unspecified atom stereocenters. The van der Waals surface area contributed by atoms with Gasteiger partial charge < -0.3 is 14.4 Å². The summed E-state index contributed by atoms with van der Waals surface area (Å²) < 4.78 is 5.24. The van der Waals surface area contributed by atoms with Crippen LogP contribution in [0.25, 0.3) is 0 Å². The van der Waals surface area contributed by atoms with Crippen LogP contribution in [0.1, 0.15) is 36.8 Å². The molecule has 0 saturated carbocycles. The number of furan rings is 1. The van der Waals surface area contributed by atoms with Gasteiger partial charge in [0.15, 0.2) is 0 Å².